The number of likely N-dealkylation sites (tertiary alicyclic amines) is 1. The number of carbonyl (C=O) groups excluding carboxylic acids is 2. The van der Waals surface area contributed by atoms with Crippen molar-refractivity contribution in [3.05, 3.63) is 34.5 Å². The van der Waals surface area contributed by atoms with Crippen molar-refractivity contribution < 1.29 is 18.7 Å². The van der Waals surface area contributed by atoms with E-state index in [1.165, 1.54) is 30.0 Å². The highest BCUT2D eigenvalue weighted by molar-refractivity contribution is 8.18. The van der Waals surface area contributed by atoms with Crippen LogP contribution in [0, 0.1) is 5.82 Å². The molecule has 3 aliphatic rings. The summed E-state index contributed by atoms with van der Waals surface area (Å²) in [5.74, 6) is -0.755. The summed E-state index contributed by atoms with van der Waals surface area (Å²) in [4.78, 5) is 31.0. The number of nitrogens with zero attached hydrogens (tertiary/aromatic N) is 3. The van der Waals surface area contributed by atoms with Crippen molar-refractivity contribution in [2.75, 3.05) is 26.2 Å². The predicted octanol–water partition coefficient (Wildman–Crippen LogP) is 3.80. The minimum absolute atomic E-state index is 0. The van der Waals surface area contributed by atoms with E-state index in [1.807, 2.05) is 5.01 Å². The van der Waals surface area contributed by atoms with Gasteiger partial charge in [-0.05, 0) is 62.1 Å². The predicted molar refractivity (Wildman–Crippen MR) is 117 cm³/mol. The molecular formula is C20H24ClFN4O3S. The Morgan fingerprint density at radius 3 is 2.67 bits per heavy atom. The van der Waals surface area contributed by atoms with Crippen LogP contribution in [0.3, 0.4) is 0 Å². The summed E-state index contributed by atoms with van der Waals surface area (Å²) < 4.78 is 19.3. The van der Waals surface area contributed by atoms with E-state index >= 15 is 0 Å². The summed E-state index contributed by atoms with van der Waals surface area (Å²) in [5.41, 5.74) is 3.69. The molecule has 7 nitrogen and oxygen atoms in total. The number of rotatable bonds is 2. The maximum Gasteiger partial charge on any atom is 0.415 e. The molecule has 4 rings (SSSR count). The summed E-state index contributed by atoms with van der Waals surface area (Å²) >= 11 is 1.26. The molecule has 0 spiro atoms. The van der Waals surface area contributed by atoms with Gasteiger partial charge in [-0.3, -0.25) is 9.80 Å². The van der Waals surface area contributed by atoms with Crippen LogP contribution in [0.5, 0.6) is 5.75 Å². The fourth-order valence-corrected chi connectivity index (χ4v) is 4.37. The van der Waals surface area contributed by atoms with E-state index in [2.05, 4.69) is 10.4 Å². The van der Waals surface area contributed by atoms with Gasteiger partial charge in [0, 0.05) is 37.8 Å². The maximum absolute atomic E-state index is 13.8. The summed E-state index contributed by atoms with van der Waals surface area (Å²) in [5, 5.41) is 2.49. The van der Waals surface area contributed by atoms with Gasteiger partial charge in [-0.1, -0.05) is 0 Å². The Balaban J connectivity index is 0.00000256. The molecule has 30 heavy (non-hydrogen) atoms. The van der Waals surface area contributed by atoms with Gasteiger partial charge in [0.1, 0.15) is 11.6 Å². The van der Waals surface area contributed by atoms with Gasteiger partial charge in [-0.25, -0.2) is 14.6 Å². The first kappa shape index (κ1) is 22.6. The topological polar surface area (TPSA) is 74.2 Å². The Labute approximate surface area is 185 Å². The average Bonchev–Trinajstić information content (AvgIpc) is 3.11. The molecule has 0 saturated carbocycles. The van der Waals surface area contributed by atoms with Crippen molar-refractivity contribution in [1.29, 1.82) is 0 Å². The van der Waals surface area contributed by atoms with Crippen molar-refractivity contribution in [3.8, 4) is 5.75 Å². The lowest BCUT2D eigenvalue weighted by Crippen LogP contribution is -2.45. The first-order valence-electron chi connectivity index (χ1n) is 9.90. The number of halogens is 2. The van der Waals surface area contributed by atoms with Crippen molar-refractivity contribution in [3.63, 3.8) is 0 Å². The molecule has 0 aromatic heterocycles. The molecule has 0 bridgehead atoms. The molecule has 2 fully saturated rings. The number of piperidine rings is 1. The van der Waals surface area contributed by atoms with Crippen LogP contribution in [0.15, 0.2) is 28.1 Å². The Morgan fingerprint density at radius 1 is 1.17 bits per heavy atom. The third kappa shape index (κ3) is 5.33. The van der Waals surface area contributed by atoms with Gasteiger partial charge >= 0.3 is 6.09 Å². The maximum atomic E-state index is 13.8. The number of thioether (sulfide) groups is 1. The smallest absolute Gasteiger partial charge is 0.409 e. The number of hydrogen-bond donors (Lipinski definition) is 1. The van der Waals surface area contributed by atoms with Gasteiger partial charge < -0.3 is 9.64 Å². The van der Waals surface area contributed by atoms with Crippen molar-refractivity contribution >= 4 is 47.4 Å². The second-order valence-electron chi connectivity index (χ2n) is 7.17. The van der Waals surface area contributed by atoms with Gasteiger partial charge in [0.05, 0.1) is 4.91 Å². The standard InChI is InChI=1S/C20H23FN4O3S.ClH/c21-15-7-6-14(16(13-15)28-20(27)24-9-3-1-4-10-24)12-17-18(26)23-19(29-17)25-11-5-2-8-22-25;/h6-7,12-13,22H,1-5,8-11H2;1H/b17-12+;. The van der Waals surface area contributed by atoms with Crippen LogP contribution in [-0.4, -0.2) is 53.3 Å². The number of hydrogen-bond acceptors (Lipinski definition) is 6. The second kappa shape index (κ2) is 10.3. The van der Waals surface area contributed by atoms with Crippen LogP contribution >= 0.6 is 24.2 Å². The zero-order valence-corrected chi connectivity index (χ0v) is 18.1. The molecule has 3 heterocycles. The van der Waals surface area contributed by atoms with Gasteiger partial charge in [-0.2, -0.15) is 4.99 Å². The number of amides is 2. The SMILES string of the molecule is Cl.O=C1N=C(N2CCCCN2)S/C1=C/c1ccc(F)cc1OC(=O)N1CCCCC1. The van der Waals surface area contributed by atoms with Gasteiger partial charge in [0.25, 0.3) is 5.91 Å². The highest BCUT2D eigenvalue weighted by Gasteiger charge is 2.28. The first-order chi connectivity index (χ1) is 14.1. The third-order valence-corrected chi connectivity index (χ3v) is 6.03. The number of hydrazine groups is 1. The lowest BCUT2D eigenvalue weighted by molar-refractivity contribution is -0.113. The minimum Gasteiger partial charge on any atom is -0.409 e. The number of benzene rings is 1. The summed E-state index contributed by atoms with van der Waals surface area (Å²) in [6.07, 6.45) is 6.20. The third-order valence-electron chi connectivity index (χ3n) is 5.03. The monoisotopic (exact) mass is 454 g/mol. The van der Waals surface area contributed by atoms with E-state index in [4.69, 9.17) is 4.74 Å². The molecule has 10 heteroatoms. The molecule has 0 radical (unpaired) electrons. The number of aliphatic imine (C=N–C) groups is 1. The normalized spacial score (nSPS) is 20.8. The molecule has 1 aromatic carbocycles. The lowest BCUT2D eigenvalue weighted by atomic mass is 10.1. The highest BCUT2D eigenvalue weighted by Crippen LogP contribution is 2.33. The average molecular weight is 455 g/mol. The molecule has 0 aliphatic carbocycles. The zero-order chi connectivity index (χ0) is 20.2. The zero-order valence-electron chi connectivity index (χ0n) is 16.4. The number of carbonyl (C=O) groups is 2. The molecule has 2 amide bonds. The van der Waals surface area contributed by atoms with Crippen LogP contribution in [0.4, 0.5) is 9.18 Å². The molecular weight excluding hydrogens is 431 g/mol. The summed E-state index contributed by atoms with van der Waals surface area (Å²) in [6.45, 7) is 2.92. The van der Waals surface area contributed by atoms with E-state index in [9.17, 15) is 14.0 Å². The Morgan fingerprint density at radius 2 is 1.93 bits per heavy atom. The van der Waals surface area contributed by atoms with Crippen LogP contribution in [0.25, 0.3) is 6.08 Å². The second-order valence-corrected chi connectivity index (χ2v) is 8.18. The quantitative estimate of drug-likeness (QED) is 0.685. The van der Waals surface area contributed by atoms with Gasteiger partial charge in [0.2, 0.25) is 0 Å². The molecule has 1 aromatic rings. The van der Waals surface area contributed by atoms with Gasteiger partial charge in [0.15, 0.2) is 5.17 Å². The van der Waals surface area contributed by atoms with E-state index < -0.39 is 11.9 Å². The van der Waals surface area contributed by atoms with Crippen LogP contribution in [0.2, 0.25) is 0 Å². The van der Waals surface area contributed by atoms with E-state index in [-0.39, 0.29) is 24.1 Å². The van der Waals surface area contributed by atoms with E-state index in [1.54, 1.807) is 11.0 Å². The Hall–Kier alpha value is -2.10. The Kier molecular flexibility index (Phi) is 7.74. The number of ether oxygens (including phenoxy) is 1. The lowest BCUT2D eigenvalue weighted by Gasteiger charge is -2.28. The van der Waals surface area contributed by atoms with Crippen molar-refractivity contribution in [2.45, 2.75) is 32.1 Å². The van der Waals surface area contributed by atoms with Gasteiger partial charge in [-0.15, -0.1) is 12.4 Å². The fraction of sp³-hybridized carbons (Fsp3) is 0.450. The van der Waals surface area contributed by atoms with Crippen LogP contribution in [-0.2, 0) is 4.79 Å². The fourth-order valence-electron chi connectivity index (χ4n) is 3.46. The molecule has 0 unspecified atom stereocenters. The van der Waals surface area contributed by atoms with E-state index in [0.29, 0.717) is 28.7 Å². The van der Waals surface area contributed by atoms with Crippen molar-refractivity contribution in [2.24, 2.45) is 4.99 Å². The molecule has 2 saturated heterocycles. The van der Waals surface area contributed by atoms with Crippen LogP contribution < -0.4 is 10.2 Å². The summed E-state index contributed by atoms with van der Waals surface area (Å²) in [7, 11) is 0. The van der Waals surface area contributed by atoms with E-state index in [0.717, 1.165) is 45.2 Å². The molecule has 162 valence electrons. The molecule has 0 atom stereocenters. The van der Waals surface area contributed by atoms with Crippen molar-refractivity contribution in [1.82, 2.24) is 15.3 Å². The number of nitrogens with one attached hydrogen (secondary N) is 1. The summed E-state index contributed by atoms with van der Waals surface area (Å²) in [6, 6.07) is 3.96. The molecule has 3 aliphatic heterocycles. The largest absolute Gasteiger partial charge is 0.415 e. The Bertz CT molecular complexity index is 868. The minimum atomic E-state index is -0.506. The first-order valence-corrected chi connectivity index (χ1v) is 10.7. The van der Waals surface area contributed by atoms with Crippen LogP contribution in [0.1, 0.15) is 37.7 Å². The highest BCUT2D eigenvalue weighted by atomic mass is 35.5. The molecule has 1 N–H and O–H groups in total. The number of amidine groups is 1.